The molecular weight excluding hydrogens is 336 g/mol. The van der Waals surface area contributed by atoms with Crippen LogP contribution in [0.5, 0.6) is 0 Å². The van der Waals surface area contributed by atoms with Gasteiger partial charge in [0.25, 0.3) is 5.91 Å². The van der Waals surface area contributed by atoms with Gasteiger partial charge in [-0.3, -0.25) is 4.79 Å². The van der Waals surface area contributed by atoms with Crippen LogP contribution in [0.15, 0.2) is 28.7 Å². The van der Waals surface area contributed by atoms with Crippen LogP contribution < -0.4 is 11.1 Å². The molecule has 1 aromatic heterocycles. The molecule has 1 aromatic carbocycles. The monoisotopic (exact) mass is 354 g/mol. The predicted octanol–water partition coefficient (Wildman–Crippen LogP) is 2.09. The maximum Gasteiger partial charge on any atom is 0.373 e. The van der Waals surface area contributed by atoms with Gasteiger partial charge in [-0.25, -0.2) is 4.79 Å². The van der Waals surface area contributed by atoms with E-state index < -0.39 is 12.1 Å². The number of nitrogens with two attached hydrogens (primary N) is 1. The van der Waals surface area contributed by atoms with E-state index in [1.807, 2.05) is 0 Å². The zero-order chi connectivity index (χ0) is 16.4. The first-order valence-corrected chi connectivity index (χ1v) is 7.39. The van der Waals surface area contributed by atoms with E-state index >= 15 is 0 Å². The molecule has 8 heteroatoms. The molecule has 7 nitrogen and oxygen atoms in total. The number of carbonyl (C=O) groups is 2. The van der Waals surface area contributed by atoms with Crippen LogP contribution in [-0.2, 0) is 14.3 Å². The second kappa shape index (κ2) is 7.65. The molecule has 2 heterocycles. The first-order valence-electron chi connectivity index (χ1n) is 7.39. The van der Waals surface area contributed by atoms with Crippen molar-refractivity contribution in [3.05, 3.63) is 30.0 Å². The highest BCUT2D eigenvalue weighted by Crippen LogP contribution is 2.25. The number of methoxy groups -OCH3 is 1. The van der Waals surface area contributed by atoms with Gasteiger partial charge in [-0.1, -0.05) is 0 Å². The zero-order valence-corrected chi connectivity index (χ0v) is 13.9. The fraction of sp³-hybridized carbons (Fsp3) is 0.375. The van der Waals surface area contributed by atoms with Crippen LogP contribution in [0.4, 0.5) is 5.69 Å². The molecule has 1 aliphatic heterocycles. The molecule has 1 amide bonds. The highest BCUT2D eigenvalue weighted by atomic mass is 35.5. The number of ether oxygens (including phenoxy) is 2. The Hall–Kier alpha value is -2.09. The van der Waals surface area contributed by atoms with E-state index in [1.54, 1.807) is 24.3 Å². The molecule has 1 fully saturated rings. The number of carbonyl (C=O) groups excluding carboxylic acids is 2. The average molecular weight is 355 g/mol. The normalized spacial score (nSPS) is 19.8. The predicted molar refractivity (Wildman–Crippen MR) is 90.4 cm³/mol. The molecular formula is C16H19ClN2O5. The van der Waals surface area contributed by atoms with Gasteiger partial charge in [0.2, 0.25) is 5.76 Å². The lowest BCUT2D eigenvalue weighted by molar-refractivity contribution is -0.126. The Bertz CT molecular complexity index is 745. The smallest absolute Gasteiger partial charge is 0.373 e. The van der Waals surface area contributed by atoms with Gasteiger partial charge in [0.15, 0.2) is 0 Å². The number of amides is 1. The van der Waals surface area contributed by atoms with E-state index in [0.717, 1.165) is 6.42 Å². The number of nitrogens with one attached hydrogen (secondary N) is 1. The van der Waals surface area contributed by atoms with E-state index in [4.69, 9.17) is 14.9 Å². The molecule has 1 saturated heterocycles. The molecule has 0 saturated carbocycles. The van der Waals surface area contributed by atoms with Gasteiger partial charge < -0.3 is 24.9 Å². The lowest BCUT2D eigenvalue weighted by atomic mass is 10.2. The molecule has 24 heavy (non-hydrogen) atoms. The van der Waals surface area contributed by atoms with E-state index in [2.05, 4.69) is 10.1 Å². The summed E-state index contributed by atoms with van der Waals surface area (Å²) in [6, 6.07) is 6.71. The fourth-order valence-corrected chi connectivity index (χ4v) is 2.62. The van der Waals surface area contributed by atoms with Crippen molar-refractivity contribution >= 4 is 40.9 Å². The first kappa shape index (κ1) is 18.3. The number of benzene rings is 1. The van der Waals surface area contributed by atoms with E-state index in [1.165, 1.54) is 7.11 Å². The van der Waals surface area contributed by atoms with Crippen molar-refractivity contribution in [2.75, 3.05) is 19.0 Å². The number of furan rings is 1. The Kier molecular flexibility index (Phi) is 5.82. The Morgan fingerprint density at radius 3 is 2.79 bits per heavy atom. The van der Waals surface area contributed by atoms with Crippen LogP contribution in [0, 0.1) is 0 Å². The maximum atomic E-state index is 12.2. The van der Waals surface area contributed by atoms with Crippen molar-refractivity contribution in [2.24, 2.45) is 5.73 Å². The molecule has 0 unspecified atom stereocenters. The van der Waals surface area contributed by atoms with Crippen LogP contribution in [0.3, 0.4) is 0 Å². The number of hydrogen-bond donors (Lipinski definition) is 2. The quantitative estimate of drug-likeness (QED) is 0.815. The van der Waals surface area contributed by atoms with E-state index in [0.29, 0.717) is 29.6 Å². The molecule has 0 aliphatic carbocycles. The molecule has 3 rings (SSSR count). The Balaban J connectivity index is 0.00000208. The lowest BCUT2D eigenvalue weighted by Crippen LogP contribution is -2.29. The summed E-state index contributed by atoms with van der Waals surface area (Å²) in [5.74, 6) is -0.619. The van der Waals surface area contributed by atoms with Crippen molar-refractivity contribution in [2.45, 2.75) is 25.0 Å². The van der Waals surface area contributed by atoms with Crippen molar-refractivity contribution < 1.29 is 23.5 Å². The highest BCUT2D eigenvalue weighted by Gasteiger charge is 2.29. The van der Waals surface area contributed by atoms with Crippen LogP contribution in [-0.4, -0.2) is 37.7 Å². The summed E-state index contributed by atoms with van der Waals surface area (Å²) < 4.78 is 15.6. The van der Waals surface area contributed by atoms with Gasteiger partial charge >= 0.3 is 5.97 Å². The first-order chi connectivity index (χ1) is 11.1. The second-order valence-corrected chi connectivity index (χ2v) is 5.40. The highest BCUT2D eigenvalue weighted by molar-refractivity contribution is 5.98. The van der Waals surface area contributed by atoms with E-state index in [9.17, 15) is 9.59 Å². The average Bonchev–Trinajstić information content (AvgIpc) is 3.20. The standard InChI is InChI=1S/C16H18N2O5.ClH/c1-21-16(20)14-7-9-6-10(2-4-12(9)23-14)18-15(19)13-5-3-11(8-17)22-13;/h2,4,6-7,11,13H,3,5,8,17H2,1H3,(H,18,19);1H/t11-,13+;/m1./s1. The maximum absolute atomic E-state index is 12.2. The molecule has 0 radical (unpaired) electrons. The van der Waals surface area contributed by atoms with Crippen molar-refractivity contribution in [3.8, 4) is 0 Å². The molecule has 2 atom stereocenters. The zero-order valence-electron chi connectivity index (χ0n) is 13.1. The summed E-state index contributed by atoms with van der Waals surface area (Å²) in [6.45, 7) is 0.418. The summed E-state index contributed by atoms with van der Waals surface area (Å²) in [4.78, 5) is 23.7. The van der Waals surface area contributed by atoms with Gasteiger partial charge in [0.1, 0.15) is 11.7 Å². The van der Waals surface area contributed by atoms with Crippen molar-refractivity contribution in [3.63, 3.8) is 0 Å². The molecule has 3 N–H and O–H groups in total. The fourth-order valence-electron chi connectivity index (χ4n) is 2.62. The molecule has 0 bridgehead atoms. The Morgan fingerprint density at radius 1 is 1.33 bits per heavy atom. The van der Waals surface area contributed by atoms with Crippen LogP contribution in [0.1, 0.15) is 23.4 Å². The number of esters is 1. The van der Waals surface area contributed by atoms with Gasteiger partial charge in [0, 0.05) is 17.6 Å². The minimum atomic E-state index is -0.543. The van der Waals surface area contributed by atoms with Crippen molar-refractivity contribution in [1.82, 2.24) is 0 Å². The Morgan fingerprint density at radius 2 is 2.12 bits per heavy atom. The lowest BCUT2D eigenvalue weighted by Gasteiger charge is -2.12. The van der Waals surface area contributed by atoms with E-state index in [-0.39, 0.29) is 30.2 Å². The van der Waals surface area contributed by atoms with Crippen LogP contribution in [0.2, 0.25) is 0 Å². The molecule has 0 spiro atoms. The second-order valence-electron chi connectivity index (χ2n) is 5.40. The summed E-state index contributed by atoms with van der Waals surface area (Å²) in [5.41, 5.74) is 6.70. The van der Waals surface area contributed by atoms with Crippen LogP contribution >= 0.6 is 12.4 Å². The van der Waals surface area contributed by atoms with Gasteiger partial charge in [0.05, 0.1) is 13.2 Å². The third kappa shape index (κ3) is 3.69. The minimum Gasteiger partial charge on any atom is -0.463 e. The van der Waals surface area contributed by atoms with Crippen LogP contribution in [0.25, 0.3) is 11.0 Å². The van der Waals surface area contributed by atoms with Gasteiger partial charge in [-0.15, -0.1) is 12.4 Å². The third-order valence-corrected chi connectivity index (χ3v) is 3.83. The summed E-state index contributed by atoms with van der Waals surface area (Å²) in [7, 11) is 1.29. The number of hydrogen-bond acceptors (Lipinski definition) is 6. The molecule has 1 aliphatic rings. The number of halogens is 1. The van der Waals surface area contributed by atoms with Crippen molar-refractivity contribution in [1.29, 1.82) is 0 Å². The Labute approximate surface area is 144 Å². The number of fused-ring (bicyclic) bond motifs is 1. The minimum absolute atomic E-state index is 0. The number of rotatable bonds is 4. The number of anilines is 1. The van der Waals surface area contributed by atoms with Gasteiger partial charge in [-0.05, 0) is 37.1 Å². The largest absolute Gasteiger partial charge is 0.463 e. The topological polar surface area (TPSA) is 104 Å². The summed E-state index contributed by atoms with van der Waals surface area (Å²) in [5, 5.41) is 3.51. The van der Waals surface area contributed by atoms with Gasteiger partial charge in [-0.2, -0.15) is 0 Å². The summed E-state index contributed by atoms with van der Waals surface area (Å²) >= 11 is 0. The molecule has 2 aromatic rings. The SMILES string of the molecule is COC(=O)c1cc2cc(NC(=O)[C@@H]3CC[C@H](CN)O3)ccc2o1.Cl. The molecule has 130 valence electrons. The summed E-state index contributed by atoms with van der Waals surface area (Å²) in [6.07, 6.45) is 0.922. The third-order valence-electron chi connectivity index (χ3n) is 3.83.